The van der Waals surface area contributed by atoms with E-state index < -0.39 is 23.9 Å². The van der Waals surface area contributed by atoms with Crippen LogP contribution in [0.15, 0.2) is 157 Å². The van der Waals surface area contributed by atoms with Crippen LogP contribution in [-0.4, -0.2) is 50.3 Å². The van der Waals surface area contributed by atoms with E-state index in [1.54, 1.807) is 26.0 Å². The normalized spacial score (nSPS) is 11.1. The van der Waals surface area contributed by atoms with E-state index in [0.717, 1.165) is 33.4 Å². The fourth-order valence-electron chi connectivity index (χ4n) is 4.80. The molecule has 0 N–H and O–H groups in total. The SMILES string of the molecule is CCOC(=O)/C(=C/C=C(c1ccccc1)c1ccccc1)C(=O)OCCOC(=O)/C(=C\C=C(c1ccccc1)c1ccccc1)C(=O)OCC. The van der Waals surface area contributed by atoms with Gasteiger partial charge >= 0.3 is 23.9 Å². The van der Waals surface area contributed by atoms with Crippen LogP contribution in [0.4, 0.5) is 0 Å². The lowest BCUT2D eigenvalue weighted by Crippen LogP contribution is -2.22. The van der Waals surface area contributed by atoms with Crippen molar-refractivity contribution in [3.8, 4) is 0 Å². The maximum absolute atomic E-state index is 13.1. The quantitative estimate of drug-likeness (QED) is 0.0247. The van der Waals surface area contributed by atoms with Crippen LogP contribution >= 0.6 is 0 Å². The van der Waals surface area contributed by atoms with Crippen molar-refractivity contribution in [2.75, 3.05) is 26.4 Å². The van der Waals surface area contributed by atoms with Crippen molar-refractivity contribution in [2.24, 2.45) is 0 Å². The molecule has 0 amide bonds. The van der Waals surface area contributed by atoms with Crippen LogP contribution in [-0.2, 0) is 38.1 Å². The molecule has 0 aromatic heterocycles. The zero-order valence-electron chi connectivity index (χ0n) is 28.0. The molecule has 8 nitrogen and oxygen atoms in total. The fourth-order valence-corrected chi connectivity index (χ4v) is 4.80. The van der Waals surface area contributed by atoms with Gasteiger partial charge in [0, 0.05) is 0 Å². The van der Waals surface area contributed by atoms with E-state index in [0.29, 0.717) is 0 Å². The van der Waals surface area contributed by atoms with Crippen LogP contribution in [0.1, 0.15) is 36.1 Å². The molecular formula is C42H38O8. The highest BCUT2D eigenvalue weighted by molar-refractivity contribution is 6.15. The Kier molecular flexibility index (Phi) is 14.3. The Bertz CT molecular complexity index is 1630. The van der Waals surface area contributed by atoms with Gasteiger partial charge in [0.25, 0.3) is 0 Å². The van der Waals surface area contributed by atoms with Gasteiger partial charge in [-0.25, -0.2) is 19.2 Å². The van der Waals surface area contributed by atoms with Gasteiger partial charge in [0.1, 0.15) is 24.4 Å². The van der Waals surface area contributed by atoms with Crippen LogP contribution < -0.4 is 0 Å². The van der Waals surface area contributed by atoms with Gasteiger partial charge in [0.05, 0.1) is 13.2 Å². The summed E-state index contributed by atoms with van der Waals surface area (Å²) < 4.78 is 20.8. The number of rotatable bonds is 15. The lowest BCUT2D eigenvalue weighted by atomic mass is 9.97. The third-order valence-electron chi connectivity index (χ3n) is 7.15. The van der Waals surface area contributed by atoms with Crippen molar-refractivity contribution in [1.29, 1.82) is 0 Å². The average molecular weight is 671 g/mol. The second-order valence-corrected chi connectivity index (χ2v) is 10.5. The van der Waals surface area contributed by atoms with E-state index in [-0.39, 0.29) is 37.6 Å². The number of benzene rings is 4. The zero-order valence-corrected chi connectivity index (χ0v) is 28.0. The van der Waals surface area contributed by atoms with Gasteiger partial charge in [-0.05, 0) is 59.4 Å². The predicted octanol–water partition coefficient (Wildman–Crippen LogP) is 7.32. The number of allylic oxidation sites excluding steroid dienone is 4. The predicted molar refractivity (Wildman–Crippen MR) is 191 cm³/mol. The molecule has 0 fully saturated rings. The number of hydrogen-bond donors (Lipinski definition) is 0. The first-order valence-corrected chi connectivity index (χ1v) is 16.2. The van der Waals surface area contributed by atoms with Gasteiger partial charge < -0.3 is 18.9 Å². The van der Waals surface area contributed by atoms with E-state index >= 15 is 0 Å². The Hall–Kier alpha value is -6.28. The highest BCUT2D eigenvalue weighted by atomic mass is 16.6. The molecule has 50 heavy (non-hydrogen) atoms. The summed E-state index contributed by atoms with van der Waals surface area (Å²) >= 11 is 0. The molecule has 0 radical (unpaired) electrons. The Labute approximate surface area is 292 Å². The van der Waals surface area contributed by atoms with Crippen LogP contribution in [0.2, 0.25) is 0 Å². The molecule has 4 rings (SSSR count). The summed E-state index contributed by atoms with van der Waals surface area (Å²) in [6.45, 7) is 2.57. The summed E-state index contributed by atoms with van der Waals surface area (Å²) in [6, 6.07) is 38.1. The lowest BCUT2D eigenvalue weighted by Gasteiger charge is -2.11. The summed E-state index contributed by atoms with van der Waals surface area (Å²) in [5.74, 6) is -3.65. The molecule has 0 bridgehead atoms. The van der Waals surface area contributed by atoms with Crippen LogP contribution in [0.3, 0.4) is 0 Å². The Morgan fingerprint density at radius 3 is 0.920 bits per heavy atom. The maximum Gasteiger partial charge on any atom is 0.345 e. The number of ether oxygens (including phenoxy) is 4. The molecule has 0 unspecified atom stereocenters. The molecule has 0 aliphatic rings. The minimum absolute atomic E-state index is 0.0443. The van der Waals surface area contributed by atoms with Crippen molar-refractivity contribution in [3.05, 3.63) is 179 Å². The number of hydrogen-bond acceptors (Lipinski definition) is 8. The van der Waals surface area contributed by atoms with Crippen LogP contribution in [0.5, 0.6) is 0 Å². The molecule has 8 heteroatoms. The van der Waals surface area contributed by atoms with E-state index in [2.05, 4.69) is 0 Å². The average Bonchev–Trinajstić information content (AvgIpc) is 3.15. The van der Waals surface area contributed by atoms with E-state index in [1.165, 1.54) is 12.2 Å². The van der Waals surface area contributed by atoms with Gasteiger partial charge in [-0.3, -0.25) is 0 Å². The molecule has 254 valence electrons. The lowest BCUT2D eigenvalue weighted by molar-refractivity contribution is -0.153. The number of carbonyl (C=O) groups excluding carboxylic acids is 4. The molecule has 0 aliphatic carbocycles. The van der Waals surface area contributed by atoms with Crippen LogP contribution in [0.25, 0.3) is 11.1 Å². The maximum atomic E-state index is 13.1. The third kappa shape index (κ3) is 10.6. The van der Waals surface area contributed by atoms with Crippen molar-refractivity contribution in [1.82, 2.24) is 0 Å². The molecule has 0 aliphatic heterocycles. The summed E-state index contributed by atoms with van der Waals surface area (Å²) in [6.07, 6.45) is 6.02. The second-order valence-electron chi connectivity index (χ2n) is 10.5. The molecule has 4 aromatic rings. The van der Waals surface area contributed by atoms with Crippen molar-refractivity contribution in [2.45, 2.75) is 13.8 Å². The first-order chi connectivity index (χ1) is 24.4. The first kappa shape index (κ1) is 36.6. The summed E-state index contributed by atoms with van der Waals surface area (Å²) in [5.41, 5.74) is 4.35. The Balaban J connectivity index is 1.51. The number of carbonyl (C=O) groups is 4. The second kappa shape index (κ2) is 19.5. The number of esters is 4. The van der Waals surface area contributed by atoms with E-state index in [9.17, 15) is 19.2 Å². The van der Waals surface area contributed by atoms with Gasteiger partial charge in [-0.2, -0.15) is 0 Å². The van der Waals surface area contributed by atoms with Crippen molar-refractivity contribution in [3.63, 3.8) is 0 Å². The van der Waals surface area contributed by atoms with E-state index in [4.69, 9.17) is 18.9 Å². The smallest absolute Gasteiger partial charge is 0.345 e. The molecule has 0 saturated heterocycles. The van der Waals surface area contributed by atoms with Gasteiger partial charge in [-0.15, -0.1) is 0 Å². The topological polar surface area (TPSA) is 105 Å². The monoisotopic (exact) mass is 670 g/mol. The Morgan fingerprint density at radius 1 is 0.400 bits per heavy atom. The van der Waals surface area contributed by atoms with Gasteiger partial charge in [-0.1, -0.05) is 133 Å². The molecule has 0 heterocycles. The molecule has 4 aromatic carbocycles. The highest BCUT2D eigenvalue weighted by Crippen LogP contribution is 2.25. The minimum Gasteiger partial charge on any atom is -0.462 e. The van der Waals surface area contributed by atoms with Gasteiger partial charge in [0.2, 0.25) is 0 Å². The summed E-state index contributed by atoms with van der Waals surface area (Å²) in [5, 5.41) is 0. The summed E-state index contributed by atoms with van der Waals surface area (Å²) in [4.78, 5) is 51.8. The standard InChI is InChI=1S/C42H38O8/c1-3-47-39(43)37(27-25-35(31-17-9-5-10-18-31)32-19-11-6-12-20-32)41(45)49-29-30-50-42(46)38(40(44)48-4-2)28-26-36(33-21-13-7-14-22-33)34-23-15-8-16-24-34/h5-28H,3-4,29-30H2,1-2H3/b37-27-,38-28-. The van der Waals surface area contributed by atoms with Crippen molar-refractivity contribution < 1.29 is 38.1 Å². The molecular weight excluding hydrogens is 632 g/mol. The Morgan fingerprint density at radius 2 is 0.660 bits per heavy atom. The third-order valence-corrected chi connectivity index (χ3v) is 7.15. The first-order valence-electron chi connectivity index (χ1n) is 16.2. The highest BCUT2D eigenvalue weighted by Gasteiger charge is 2.23. The largest absolute Gasteiger partial charge is 0.462 e. The van der Waals surface area contributed by atoms with E-state index in [1.807, 2.05) is 121 Å². The fraction of sp³-hybridized carbons (Fsp3) is 0.143. The molecule has 0 saturated carbocycles. The molecule has 0 spiro atoms. The van der Waals surface area contributed by atoms with Crippen molar-refractivity contribution >= 4 is 35.0 Å². The zero-order chi connectivity index (χ0) is 35.6. The molecule has 0 atom stereocenters. The minimum atomic E-state index is -0.962. The van der Waals surface area contributed by atoms with Gasteiger partial charge in [0.15, 0.2) is 0 Å². The summed E-state index contributed by atoms with van der Waals surface area (Å²) in [7, 11) is 0. The van der Waals surface area contributed by atoms with Crippen LogP contribution in [0, 0.1) is 0 Å².